The Labute approximate surface area is 183 Å². The van der Waals surface area contributed by atoms with E-state index in [1.165, 1.54) is 0 Å². The summed E-state index contributed by atoms with van der Waals surface area (Å²) in [4.78, 5) is 34.8. The number of hydrogen-bond donors (Lipinski definition) is 4. The van der Waals surface area contributed by atoms with Gasteiger partial charge in [-0.1, -0.05) is 27.7 Å². The molecule has 0 aromatic heterocycles. The Bertz CT molecular complexity index is 600. The molecule has 0 aliphatic rings. The van der Waals surface area contributed by atoms with Gasteiger partial charge in [0.1, 0.15) is 0 Å². The zero-order valence-corrected chi connectivity index (χ0v) is 21.4. The number of hydrogen-bond acceptors (Lipinski definition) is 6. The zero-order chi connectivity index (χ0) is 23.6. The summed E-state index contributed by atoms with van der Waals surface area (Å²) in [6.07, 6.45) is 2.01. The van der Waals surface area contributed by atoms with Crippen LogP contribution in [0.1, 0.15) is 53.4 Å². The largest absolute Gasteiger partial charge is 0.469 e. The van der Waals surface area contributed by atoms with Gasteiger partial charge in [-0.25, -0.2) is 9.13 Å². The second kappa shape index (κ2) is 13.3. The van der Waals surface area contributed by atoms with E-state index in [2.05, 4.69) is 9.05 Å². The molecule has 0 heterocycles. The van der Waals surface area contributed by atoms with Gasteiger partial charge in [-0.15, -0.1) is 0 Å². The van der Waals surface area contributed by atoms with Crippen LogP contribution in [0.4, 0.5) is 0 Å². The third kappa shape index (κ3) is 19.2. The number of phosphoric acid groups is 2. The molecule has 0 rings (SSSR count). The van der Waals surface area contributed by atoms with Crippen molar-refractivity contribution in [3.05, 3.63) is 0 Å². The van der Waals surface area contributed by atoms with E-state index in [0.29, 0.717) is 48.7 Å². The van der Waals surface area contributed by atoms with Crippen LogP contribution in [0.2, 0.25) is 0 Å². The monoisotopic (exact) mass is 514 g/mol. The van der Waals surface area contributed by atoms with Crippen LogP contribution in [0.25, 0.3) is 0 Å². The van der Waals surface area contributed by atoms with E-state index >= 15 is 0 Å². The standard InChI is InChI=1S/C16H36O10P2S2/c1-15(2,5-9-25-27(17,18)19)7-11-29(23)13-14-30(24)12-8-16(3,4)6-10-26-28(20,21)22/h5-14H2,1-4H3,(H2,17,18,19)(H2,20,21,22). The molecule has 0 spiro atoms. The molecule has 30 heavy (non-hydrogen) atoms. The molecule has 0 saturated carbocycles. The van der Waals surface area contributed by atoms with Gasteiger partial charge in [0.2, 0.25) is 0 Å². The van der Waals surface area contributed by atoms with Crippen molar-refractivity contribution in [1.82, 2.24) is 0 Å². The summed E-state index contributed by atoms with van der Waals surface area (Å²) in [6.45, 7) is 7.46. The molecular formula is C16H36O10P2S2. The van der Waals surface area contributed by atoms with Crippen LogP contribution in [0.5, 0.6) is 0 Å². The van der Waals surface area contributed by atoms with Crippen molar-refractivity contribution in [3.8, 4) is 0 Å². The Kier molecular flexibility index (Phi) is 13.5. The lowest BCUT2D eigenvalue weighted by Gasteiger charge is -2.24. The van der Waals surface area contributed by atoms with Crippen LogP contribution in [0.3, 0.4) is 0 Å². The molecule has 10 nitrogen and oxygen atoms in total. The van der Waals surface area contributed by atoms with Crippen LogP contribution in [0.15, 0.2) is 0 Å². The first-order valence-electron chi connectivity index (χ1n) is 9.51. The minimum atomic E-state index is -4.48. The van der Waals surface area contributed by atoms with Gasteiger partial charge in [0.15, 0.2) is 0 Å². The van der Waals surface area contributed by atoms with Gasteiger partial charge < -0.3 is 19.6 Å². The van der Waals surface area contributed by atoms with Crippen molar-refractivity contribution in [2.45, 2.75) is 53.4 Å². The summed E-state index contributed by atoms with van der Waals surface area (Å²) in [7, 11) is -11.2. The van der Waals surface area contributed by atoms with Crippen molar-refractivity contribution in [2.24, 2.45) is 10.8 Å². The summed E-state index contributed by atoms with van der Waals surface area (Å²) < 4.78 is 54.7. The Balaban J connectivity index is 4.11. The minimum absolute atomic E-state index is 0.0804. The molecule has 0 aliphatic carbocycles. The van der Waals surface area contributed by atoms with E-state index in [1.807, 2.05) is 27.7 Å². The van der Waals surface area contributed by atoms with Gasteiger partial charge in [0.05, 0.1) is 13.2 Å². The second-order valence-electron chi connectivity index (χ2n) is 8.67. The number of rotatable bonds is 17. The lowest BCUT2D eigenvalue weighted by Crippen LogP contribution is -2.21. The average molecular weight is 515 g/mol. The minimum Gasteiger partial charge on any atom is -0.303 e. The lowest BCUT2D eigenvalue weighted by atomic mass is 9.87. The summed E-state index contributed by atoms with van der Waals surface area (Å²) >= 11 is 0. The normalized spacial score (nSPS) is 15.9. The maximum atomic E-state index is 12.2. The Morgan fingerprint density at radius 3 is 1.20 bits per heavy atom. The van der Waals surface area contributed by atoms with Gasteiger partial charge in [0, 0.05) is 44.6 Å². The highest BCUT2D eigenvalue weighted by atomic mass is 32.2. The number of phosphoric ester groups is 2. The van der Waals surface area contributed by atoms with Crippen LogP contribution in [-0.2, 0) is 39.8 Å². The van der Waals surface area contributed by atoms with Gasteiger partial charge in [0.25, 0.3) is 0 Å². The summed E-state index contributed by atoms with van der Waals surface area (Å²) in [5.74, 6) is 1.43. The molecule has 2 unspecified atom stereocenters. The first-order valence-corrected chi connectivity index (χ1v) is 15.5. The maximum absolute atomic E-state index is 12.2. The molecular weight excluding hydrogens is 478 g/mol. The van der Waals surface area contributed by atoms with Crippen molar-refractivity contribution < 1.29 is 46.2 Å². The summed E-state index contributed by atoms with van der Waals surface area (Å²) in [5, 5.41) is 0. The molecule has 0 aromatic carbocycles. The first kappa shape index (κ1) is 30.5. The van der Waals surface area contributed by atoms with Crippen LogP contribution in [-0.4, -0.2) is 64.2 Å². The lowest BCUT2D eigenvalue weighted by molar-refractivity contribution is 0.163. The summed E-state index contributed by atoms with van der Waals surface area (Å²) in [6, 6.07) is 0. The topological polar surface area (TPSA) is 168 Å². The molecule has 0 radical (unpaired) electrons. The summed E-state index contributed by atoms with van der Waals surface area (Å²) in [5.41, 5.74) is -0.577. The third-order valence-electron chi connectivity index (χ3n) is 4.63. The molecule has 0 aromatic rings. The smallest absolute Gasteiger partial charge is 0.303 e. The van der Waals surface area contributed by atoms with Crippen molar-refractivity contribution >= 4 is 37.2 Å². The van der Waals surface area contributed by atoms with E-state index in [1.54, 1.807) is 0 Å². The average Bonchev–Trinajstić information content (AvgIpc) is 2.53. The fourth-order valence-electron chi connectivity index (χ4n) is 2.30. The van der Waals surface area contributed by atoms with Gasteiger partial charge in [-0.05, 0) is 36.5 Å². The quantitative estimate of drug-likeness (QED) is 0.211. The molecule has 0 amide bonds. The third-order valence-corrected chi connectivity index (χ3v) is 8.56. The van der Waals surface area contributed by atoms with E-state index in [4.69, 9.17) is 19.6 Å². The van der Waals surface area contributed by atoms with Crippen LogP contribution in [0, 0.1) is 10.8 Å². The van der Waals surface area contributed by atoms with Crippen LogP contribution >= 0.6 is 15.6 Å². The highest BCUT2D eigenvalue weighted by Gasteiger charge is 2.23. The van der Waals surface area contributed by atoms with Gasteiger partial charge in [-0.2, -0.15) is 0 Å². The van der Waals surface area contributed by atoms with E-state index in [-0.39, 0.29) is 24.0 Å². The van der Waals surface area contributed by atoms with E-state index < -0.39 is 37.2 Å². The van der Waals surface area contributed by atoms with E-state index in [0.717, 1.165) is 0 Å². The van der Waals surface area contributed by atoms with Crippen molar-refractivity contribution in [1.29, 1.82) is 0 Å². The van der Waals surface area contributed by atoms with Crippen molar-refractivity contribution in [3.63, 3.8) is 0 Å². The molecule has 2 atom stereocenters. The highest BCUT2D eigenvalue weighted by molar-refractivity contribution is 7.88. The van der Waals surface area contributed by atoms with Gasteiger partial charge >= 0.3 is 15.6 Å². The second-order valence-corrected chi connectivity index (χ2v) is 14.5. The van der Waals surface area contributed by atoms with E-state index in [9.17, 15) is 17.5 Å². The Morgan fingerprint density at radius 1 is 0.633 bits per heavy atom. The molecule has 0 saturated heterocycles. The maximum Gasteiger partial charge on any atom is 0.469 e. The first-order chi connectivity index (χ1) is 13.4. The predicted molar refractivity (Wildman–Crippen MR) is 118 cm³/mol. The fraction of sp³-hybridized carbons (Fsp3) is 1.00. The molecule has 0 bridgehead atoms. The van der Waals surface area contributed by atoms with Crippen LogP contribution < -0.4 is 0 Å². The fourth-order valence-corrected chi connectivity index (χ4v) is 6.42. The van der Waals surface area contributed by atoms with Gasteiger partial charge in [-0.3, -0.25) is 17.5 Å². The SMILES string of the molecule is CC(C)(CCOP(=O)(O)O)CCS(=O)CCS(=O)CCC(C)(C)CCOP(=O)(O)O. The molecule has 4 N–H and O–H groups in total. The highest BCUT2D eigenvalue weighted by Crippen LogP contribution is 2.38. The Hall–Kier alpha value is 0.520. The Morgan fingerprint density at radius 2 is 0.933 bits per heavy atom. The molecule has 14 heteroatoms. The zero-order valence-electron chi connectivity index (χ0n) is 18.0. The molecule has 0 fully saturated rings. The molecule has 182 valence electrons. The molecule has 0 aliphatic heterocycles. The predicted octanol–water partition coefficient (Wildman–Crippen LogP) is 2.32. The van der Waals surface area contributed by atoms with Crippen molar-refractivity contribution in [2.75, 3.05) is 36.2 Å².